The van der Waals surface area contributed by atoms with E-state index >= 15 is 0 Å². The minimum Gasteiger partial charge on any atom is -0.451 e. The maximum Gasteiger partial charge on any atom is 0.338 e. The number of hydrogen-bond acceptors (Lipinski definition) is 5. The third kappa shape index (κ3) is 3.81. The van der Waals surface area contributed by atoms with Crippen molar-refractivity contribution < 1.29 is 27.1 Å². The van der Waals surface area contributed by atoms with E-state index < -0.39 is 32.8 Å². The Balaban J connectivity index is 1.79. The monoisotopic (exact) mass is 355 g/mol. The first-order chi connectivity index (χ1) is 11.4. The number of nitrogens with one attached hydrogen (secondary N) is 1. The van der Waals surface area contributed by atoms with Gasteiger partial charge in [0.05, 0.1) is 5.56 Å². The topological polar surface area (TPSA) is 89.5 Å². The van der Waals surface area contributed by atoms with Gasteiger partial charge in [-0.1, -0.05) is 0 Å². The molecule has 1 N–H and O–H groups in total. The van der Waals surface area contributed by atoms with E-state index in [0.29, 0.717) is 25.7 Å². The number of carbonyl (C=O) groups excluding carboxylic acids is 2. The van der Waals surface area contributed by atoms with E-state index in [-0.39, 0.29) is 17.4 Å². The first-order valence-corrected chi connectivity index (χ1v) is 9.41. The van der Waals surface area contributed by atoms with E-state index in [1.165, 1.54) is 0 Å². The molecule has 0 aliphatic heterocycles. The molecule has 0 radical (unpaired) electrons. The maximum atomic E-state index is 13.9. The van der Waals surface area contributed by atoms with Gasteiger partial charge in [-0.15, -0.1) is 0 Å². The number of Topliss-reactive ketones (excluding diaryl/α,β-unsaturated/α-hetero) is 1. The summed E-state index contributed by atoms with van der Waals surface area (Å²) in [5.74, 6) is -1.90. The van der Waals surface area contributed by atoms with Crippen molar-refractivity contribution >= 4 is 21.8 Å². The molecule has 2 saturated carbocycles. The van der Waals surface area contributed by atoms with Crippen molar-refractivity contribution in [3.8, 4) is 0 Å². The van der Waals surface area contributed by atoms with Crippen molar-refractivity contribution in [1.82, 2.24) is 4.72 Å². The van der Waals surface area contributed by atoms with Gasteiger partial charge in [0.25, 0.3) is 0 Å². The Bertz CT molecular complexity index is 773. The van der Waals surface area contributed by atoms with E-state index in [1.807, 2.05) is 0 Å². The van der Waals surface area contributed by atoms with Crippen molar-refractivity contribution in [2.45, 2.75) is 55.6 Å². The molecular weight excluding hydrogens is 337 g/mol. The van der Waals surface area contributed by atoms with Crippen LogP contribution in [0.1, 0.15) is 48.9 Å². The maximum absolute atomic E-state index is 13.9. The Morgan fingerprint density at radius 2 is 1.96 bits per heavy atom. The molecule has 2 aliphatic carbocycles. The number of esters is 1. The highest BCUT2D eigenvalue weighted by Gasteiger charge is 2.31. The van der Waals surface area contributed by atoms with E-state index in [9.17, 15) is 22.4 Å². The summed E-state index contributed by atoms with van der Waals surface area (Å²) < 4.78 is 45.8. The molecule has 0 spiro atoms. The zero-order chi connectivity index (χ0) is 17.3. The van der Waals surface area contributed by atoms with Crippen LogP contribution >= 0.6 is 0 Å². The van der Waals surface area contributed by atoms with Gasteiger partial charge < -0.3 is 4.74 Å². The van der Waals surface area contributed by atoms with Crippen LogP contribution in [0, 0.1) is 5.82 Å². The third-order valence-corrected chi connectivity index (χ3v) is 5.64. The number of ketones is 1. The average Bonchev–Trinajstić information content (AvgIpc) is 3.33. The summed E-state index contributed by atoms with van der Waals surface area (Å²) in [7, 11) is -4.03. The lowest BCUT2D eigenvalue weighted by molar-refractivity contribution is -0.129. The van der Waals surface area contributed by atoms with Crippen LogP contribution < -0.4 is 4.72 Å². The number of hydrogen-bond donors (Lipinski definition) is 1. The molecule has 6 nitrogen and oxygen atoms in total. The fraction of sp³-hybridized carbons (Fsp3) is 0.500. The molecule has 1 aromatic rings. The Morgan fingerprint density at radius 3 is 2.62 bits per heavy atom. The summed E-state index contributed by atoms with van der Waals surface area (Å²) in [6.45, 7) is 0. The smallest absolute Gasteiger partial charge is 0.338 e. The van der Waals surface area contributed by atoms with Gasteiger partial charge in [0.2, 0.25) is 10.0 Å². The van der Waals surface area contributed by atoms with Crippen LogP contribution in [0.15, 0.2) is 23.1 Å². The van der Waals surface area contributed by atoms with E-state index in [0.717, 1.165) is 31.0 Å². The molecule has 0 bridgehead atoms. The normalized spacial score (nSPS) is 21.5. The van der Waals surface area contributed by atoms with Gasteiger partial charge in [-0.3, -0.25) is 4.79 Å². The molecule has 0 heterocycles. The Morgan fingerprint density at radius 1 is 1.21 bits per heavy atom. The molecule has 130 valence electrons. The molecule has 0 saturated heterocycles. The molecule has 8 heteroatoms. The number of carbonyl (C=O) groups is 2. The SMILES string of the molecule is O=C(OC1CCCCC1=O)c1ccc(F)c(S(=O)(=O)NC2CC2)c1. The zero-order valence-corrected chi connectivity index (χ0v) is 13.8. The lowest BCUT2D eigenvalue weighted by atomic mass is 9.96. The first-order valence-electron chi connectivity index (χ1n) is 7.92. The molecule has 3 rings (SSSR count). The zero-order valence-electron chi connectivity index (χ0n) is 13.0. The lowest BCUT2D eigenvalue weighted by Crippen LogP contribution is -2.30. The number of rotatable bonds is 5. The molecule has 1 aromatic carbocycles. The van der Waals surface area contributed by atoms with Crippen molar-refractivity contribution in [3.05, 3.63) is 29.6 Å². The molecule has 24 heavy (non-hydrogen) atoms. The Kier molecular flexibility index (Phi) is 4.69. The highest BCUT2D eigenvalue weighted by molar-refractivity contribution is 7.89. The van der Waals surface area contributed by atoms with Crippen molar-refractivity contribution in [2.75, 3.05) is 0 Å². The predicted octanol–water partition coefficient (Wildman–Crippen LogP) is 1.93. The predicted molar refractivity (Wildman–Crippen MR) is 82.4 cm³/mol. The largest absolute Gasteiger partial charge is 0.451 e. The van der Waals surface area contributed by atoms with Gasteiger partial charge in [0.1, 0.15) is 10.7 Å². The first kappa shape index (κ1) is 17.0. The van der Waals surface area contributed by atoms with Crippen molar-refractivity contribution in [3.63, 3.8) is 0 Å². The second-order valence-corrected chi connectivity index (χ2v) is 7.83. The molecule has 2 fully saturated rings. The van der Waals surface area contributed by atoms with Crippen LogP contribution in [0.25, 0.3) is 0 Å². The van der Waals surface area contributed by atoms with Gasteiger partial charge in [-0.2, -0.15) is 0 Å². The van der Waals surface area contributed by atoms with Gasteiger partial charge in [0, 0.05) is 12.5 Å². The van der Waals surface area contributed by atoms with Crippen LogP contribution in [0.3, 0.4) is 0 Å². The van der Waals surface area contributed by atoms with Crippen LogP contribution in [0.2, 0.25) is 0 Å². The summed E-state index contributed by atoms with van der Waals surface area (Å²) in [6, 6.07) is 2.85. The quantitative estimate of drug-likeness (QED) is 0.815. The summed E-state index contributed by atoms with van der Waals surface area (Å²) in [5, 5.41) is 0. The van der Waals surface area contributed by atoms with Crippen molar-refractivity contribution in [2.24, 2.45) is 0 Å². The van der Waals surface area contributed by atoms with Crippen LogP contribution in [0.5, 0.6) is 0 Å². The lowest BCUT2D eigenvalue weighted by Gasteiger charge is -2.20. The second kappa shape index (κ2) is 6.60. The molecule has 1 atom stereocenters. The summed E-state index contributed by atoms with van der Waals surface area (Å²) >= 11 is 0. The summed E-state index contributed by atoms with van der Waals surface area (Å²) in [4.78, 5) is 23.3. The van der Waals surface area contributed by atoms with Gasteiger partial charge in [-0.05, 0) is 50.3 Å². The second-order valence-electron chi connectivity index (χ2n) is 6.15. The van der Waals surface area contributed by atoms with Crippen LogP contribution in [-0.4, -0.2) is 32.3 Å². The number of sulfonamides is 1. The Hall–Kier alpha value is -1.80. The number of benzene rings is 1. The van der Waals surface area contributed by atoms with Crippen LogP contribution in [-0.2, 0) is 19.6 Å². The highest BCUT2D eigenvalue weighted by atomic mass is 32.2. The number of halogens is 1. The minimum atomic E-state index is -4.03. The fourth-order valence-electron chi connectivity index (χ4n) is 2.59. The molecular formula is C16H18FNO5S. The number of ether oxygens (including phenoxy) is 1. The van der Waals surface area contributed by atoms with Crippen molar-refractivity contribution in [1.29, 1.82) is 0 Å². The van der Waals surface area contributed by atoms with E-state index in [2.05, 4.69) is 4.72 Å². The summed E-state index contributed by atoms with van der Waals surface area (Å²) in [6.07, 6.45) is 3.02. The standard InChI is InChI=1S/C16H18FNO5S/c17-12-8-5-10(9-15(12)24(21,22)18-11-6-7-11)16(20)23-14-4-2-1-3-13(14)19/h5,8-9,11,14,18H,1-4,6-7H2. The molecule has 0 aromatic heterocycles. The van der Waals surface area contributed by atoms with Crippen LogP contribution in [0.4, 0.5) is 4.39 Å². The van der Waals surface area contributed by atoms with Gasteiger partial charge in [0.15, 0.2) is 11.9 Å². The molecule has 1 unspecified atom stereocenters. The van der Waals surface area contributed by atoms with Gasteiger partial charge in [-0.25, -0.2) is 22.3 Å². The molecule has 2 aliphatic rings. The minimum absolute atomic E-state index is 0.0917. The fourth-order valence-corrected chi connectivity index (χ4v) is 4.00. The Labute approximate surface area is 139 Å². The molecule has 0 amide bonds. The van der Waals surface area contributed by atoms with E-state index in [1.54, 1.807) is 0 Å². The van der Waals surface area contributed by atoms with E-state index in [4.69, 9.17) is 4.74 Å². The highest BCUT2D eigenvalue weighted by Crippen LogP contribution is 2.25. The summed E-state index contributed by atoms with van der Waals surface area (Å²) in [5.41, 5.74) is -0.0917. The van der Waals surface area contributed by atoms with Gasteiger partial charge >= 0.3 is 5.97 Å². The average molecular weight is 355 g/mol. The third-order valence-electron chi connectivity index (χ3n) is 4.10.